The molecule has 0 radical (unpaired) electrons. The molecule has 35 heavy (non-hydrogen) atoms. The van der Waals surface area contributed by atoms with E-state index < -0.39 is 11.7 Å². The highest BCUT2D eigenvalue weighted by Gasteiger charge is 2.31. The second kappa shape index (κ2) is 11.0. The lowest BCUT2D eigenvalue weighted by atomic mass is 10.0. The average Bonchev–Trinajstić information content (AvgIpc) is 2.85. The van der Waals surface area contributed by atoms with E-state index in [9.17, 15) is 18.4 Å². The van der Waals surface area contributed by atoms with Crippen LogP contribution in [0.4, 0.5) is 13.2 Å². The lowest BCUT2D eigenvalue weighted by molar-refractivity contribution is -0.137. The summed E-state index contributed by atoms with van der Waals surface area (Å²) in [7, 11) is 4.23. The van der Waals surface area contributed by atoms with Crippen molar-refractivity contribution in [3.63, 3.8) is 0 Å². The summed E-state index contributed by atoms with van der Waals surface area (Å²) in [6, 6.07) is 8.83. The monoisotopic (exact) mass is 487 g/mol. The molecule has 2 saturated heterocycles. The van der Waals surface area contributed by atoms with E-state index in [1.54, 1.807) is 12.1 Å². The lowest BCUT2D eigenvalue weighted by Crippen LogP contribution is -2.48. The van der Waals surface area contributed by atoms with E-state index in [-0.39, 0.29) is 11.9 Å². The van der Waals surface area contributed by atoms with Crippen molar-refractivity contribution in [2.75, 3.05) is 73.0 Å². The highest BCUT2D eigenvalue weighted by atomic mass is 19.4. The Balaban J connectivity index is 1.65. The summed E-state index contributed by atoms with van der Waals surface area (Å²) in [5.74, 6) is -0.0198. The van der Waals surface area contributed by atoms with Crippen molar-refractivity contribution in [2.24, 2.45) is 0 Å². The van der Waals surface area contributed by atoms with E-state index in [2.05, 4.69) is 43.7 Å². The molecule has 1 aromatic carbocycles. The van der Waals surface area contributed by atoms with Gasteiger partial charge in [0, 0.05) is 64.5 Å². The van der Waals surface area contributed by atoms with Gasteiger partial charge in [0.05, 0.1) is 23.0 Å². The maximum absolute atomic E-state index is 13.3. The Hall–Kier alpha value is -2.58. The normalized spacial score (nSPS) is 20.0. The van der Waals surface area contributed by atoms with Gasteiger partial charge in [-0.3, -0.25) is 4.90 Å². The van der Waals surface area contributed by atoms with Crippen LogP contribution in [0.3, 0.4) is 0 Å². The number of rotatable bonds is 6. The minimum absolute atomic E-state index is 0.0198. The molecule has 0 N–H and O–H groups in total. The largest absolute Gasteiger partial charge is 0.416 e. The van der Waals surface area contributed by atoms with Gasteiger partial charge in [0.25, 0.3) is 0 Å². The second-order valence-corrected chi connectivity index (χ2v) is 9.48. The molecule has 2 fully saturated rings. The molecule has 0 bridgehead atoms. The van der Waals surface area contributed by atoms with E-state index in [4.69, 9.17) is 0 Å². The van der Waals surface area contributed by atoms with Crippen LogP contribution in [-0.4, -0.2) is 103 Å². The van der Waals surface area contributed by atoms with Crippen LogP contribution in [0.5, 0.6) is 0 Å². The van der Waals surface area contributed by atoms with Gasteiger partial charge in [-0.1, -0.05) is 12.1 Å². The Morgan fingerprint density at radius 2 is 1.60 bits per heavy atom. The van der Waals surface area contributed by atoms with Crippen LogP contribution < -0.4 is 0 Å². The minimum atomic E-state index is -4.45. The van der Waals surface area contributed by atoms with Crippen molar-refractivity contribution in [2.45, 2.75) is 18.6 Å². The van der Waals surface area contributed by atoms with Gasteiger partial charge in [-0.25, -0.2) is 9.97 Å². The molecule has 2 aliphatic heterocycles. The SMILES string of the molecule is CN1CCN(CCC(c2cc(-c3cccc(C(F)(F)F)c3)nc(C#N)n2)N2CCN(C)CC2)CC1. The molecule has 7 nitrogen and oxygen atoms in total. The Labute approximate surface area is 204 Å². The molecule has 0 saturated carbocycles. The Kier molecular flexibility index (Phi) is 8.02. The van der Waals surface area contributed by atoms with Gasteiger partial charge in [0.1, 0.15) is 6.07 Å². The molecule has 1 unspecified atom stereocenters. The summed E-state index contributed by atoms with van der Waals surface area (Å²) in [6.07, 6.45) is -3.62. The van der Waals surface area contributed by atoms with Crippen molar-refractivity contribution in [3.05, 3.63) is 47.4 Å². The number of hydrogen-bond acceptors (Lipinski definition) is 7. The molecule has 10 heteroatoms. The zero-order valence-electron chi connectivity index (χ0n) is 20.3. The van der Waals surface area contributed by atoms with E-state index in [0.717, 1.165) is 77.5 Å². The number of aromatic nitrogens is 2. The van der Waals surface area contributed by atoms with E-state index in [1.165, 1.54) is 6.07 Å². The first-order chi connectivity index (χ1) is 16.7. The average molecular weight is 488 g/mol. The second-order valence-electron chi connectivity index (χ2n) is 9.48. The summed E-state index contributed by atoms with van der Waals surface area (Å²) >= 11 is 0. The van der Waals surface area contributed by atoms with Gasteiger partial charge in [0.15, 0.2) is 0 Å². The molecule has 0 amide bonds. The third kappa shape index (κ3) is 6.55. The lowest BCUT2D eigenvalue weighted by Gasteiger charge is -2.39. The fraction of sp³-hybridized carbons (Fsp3) is 0.560. The zero-order chi connectivity index (χ0) is 25.0. The first-order valence-electron chi connectivity index (χ1n) is 12.0. The quantitative estimate of drug-likeness (QED) is 0.621. The summed E-state index contributed by atoms with van der Waals surface area (Å²) < 4.78 is 39.9. The first-order valence-corrected chi connectivity index (χ1v) is 12.0. The van der Waals surface area contributed by atoms with Crippen LogP contribution in [0, 0.1) is 11.3 Å². The van der Waals surface area contributed by atoms with Crippen molar-refractivity contribution >= 4 is 0 Å². The molecule has 4 rings (SSSR count). The Morgan fingerprint density at radius 1 is 0.943 bits per heavy atom. The van der Waals surface area contributed by atoms with Crippen LogP contribution in [0.25, 0.3) is 11.3 Å². The highest BCUT2D eigenvalue weighted by molar-refractivity contribution is 5.61. The van der Waals surface area contributed by atoms with Gasteiger partial charge in [-0.05, 0) is 38.7 Å². The first kappa shape index (κ1) is 25.5. The predicted molar refractivity (Wildman–Crippen MR) is 128 cm³/mol. The number of nitriles is 1. The van der Waals surface area contributed by atoms with Gasteiger partial charge in [-0.15, -0.1) is 0 Å². The zero-order valence-corrected chi connectivity index (χ0v) is 20.3. The summed E-state index contributed by atoms with van der Waals surface area (Å²) in [4.78, 5) is 18.2. The van der Waals surface area contributed by atoms with Gasteiger partial charge < -0.3 is 14.7 Å². The molecular weight excluding hydrogens is 455 g/mol. The van der Waals surface area contributed by atoms with Crippen molar-refractivity contribution in [3.8, 4) is 17.3 Å². The van der Waals surface area contributed by atoms with E-state index in [0.29, 0.717) is 17.0 Å². The molecule has 0 spiro atoms. The number of likely N-dealkylation sites (N-methyl/N-ethyl adjacent to an activating group) is 2. The molecular formula is C25H32F3N7. The summed E-state index contributed by atoms with van der Waals surface area (Å²) in [5, 5.41) is 9.61. The van der Waals surface area contributed by atoms with Crippen LogP contribution in [0.2, 0.25) is 0 Å². The summed E-state index contributed by atoms with van der Waals surface area (Å²) in [5.41, 5.74) is 0.634. The van der Waals surface area contributed by atoms with Gasteiger partial charge in [-0.2, -0.15) is 18.4 Å². The maximum Gasteiger partial charge on any atom is 0.416 e. The van der Waals surface area contributed by atoms with Crippen molar-refractivity contribution < 1.29 is 13.2 Å². The van der Waals surface area contributed by atoms with Crippen molar-refractivity contribution in [1.29, 1.82) is 5.26 Å². The summed E-state index contributed by atoms with van der Waals surface area (Å²) in [6.45, 7) is 8.58. The van der Waals surface area contributed by atoms with Crippen LogP contribution in [0.1, 0.15) is 29.5 Å². The minimum Gasteiger partial charge on any atom is -0.304 e. The van der Waals surface area contributed by atoms with Crippen LogP contribution in [0.15, 0.2) is 30.3 Å². The molecule has 0 aliphatic carbocycles. The molecule has 3 heterocycles. The van der Waals surface area contributed by atoms with Gasteiger partial charge in [0.2, 0.25) is 5.82 Å². The van der Waals surface area contributed by atoms with E-state index in [1.807, 2.05) is 6.07 Å². The molecule has 2 aliphatic rings. The molecule has 1 atom stereocenters. The molecule has 1 aromatic heterocycles. The Morgan fingerprint density at radius 3 is 2.23 bits per heavy atom. The van der Waals surface area contributed by atoms with Crippen molar-refractivity contribution in [1.82, 2.24) is 29.6 Å². The van der Waals surface area contributed by atoms with Crippen LogP contribution in [-0.2, 0) is 6.18 Å². The number of halogens is 3. The number of nitrogens with zero attached hydrogens (tertiary/aromatic N) is 7. The number of alkyl halides is 3. The number of piperazine rings is 2. The van der Waals surface area contributed by atoms with E-state index >= 15 is 0 Å². The Bertz CT molecular complexity index is 1040. The predicted octanol–water partition coefficient (Wildman–Crippen LogP) is 2.96. The topological polar surface area (TPSA) is 62.5 Å². The fourth-order valence-electron chi connectivity index (χ4n) is 4.72. The number of benzene rings is 1. The third-order valence-electron chi connectivity index (χ3n) is 6.97. The smallest absolute Gasteiger partial charge is 0.304 e. The molecule has 2 aromatic rings. The fourth-order valence-corrected chi connectivity index (χ4v) is 4.72. The third-order valence-corrected chi connectivity index (χ3v) is 6.97. The highest BCUT2D eigenvalue weighted by Crippen LogP contribution is 2.33. The number of hydrogen-bond donors (Lipinski definition) is 0. The van der Waals surface area contributed by atoms with Gasteiger partial charge >= 0.3 is 6.18 Å². The standard InChI is InChI=1S/C25H32F3N7/c1-32-8-12-34(13-9-32)7-6-23(35-14-10-33(2)11-15-35)22-17-21(30-24(18-29)31-22)19-4-3-5-20(16-19)25(26,27)28/h3-5,16-17,23H,6-15H2,1-2H3. The van der Waals surface area contributed by atoms with Crippen LogP contribution >= 0.6 is 0 Å². The molecule has 188 valence electrons. The maximum atomic E-state index is 13.3.